The third kappa shape index (κ3) is 2.46. The summed E-state index contributed by atoms with van der Waals surface area (Å²) in [4.78, 5) is 21.6. The summed E-state index contributed by atoms with van der Waals surface area (Å²) >= 11 is 0. The Morgan fingerprint density at radius 3 is 2.19 bits per heavy atom. The highest BCUT2D eigenvalue weighted by Gasteiger charge is 2.17. The summed E-state index contributed by atoms with van der Waals surface area (Å²) in [5.41, 5.74) is 0.326. The second-order valence-corrected chi connectivity index (χ2v) is 5.37. The Kier molecular flexibility index (Phi) is 3.14. The lowest BCUT2D eigenvalue weighted by Gasteiger charge is -2.04. The highest BCUT2D eigenvalue weighted by atomic mass is 32.2. The third-order valence-corrected chi connectivity index (χ3v) is 3.29. The number of carbonyl (C=O) groups excluding carboxylic acids is 1. The second kappa shape index (κ2) is 4.05. The van der Waals surface area contributed by atoms with Crippen molar-refractivity contribution in [2.75, 3.05) is 6.26 Å². The first-order valence-electron chi connectivity index (χ1n) is 4.32. The number of hydrogen-bond donors (Lipinski definition) is 1. The third-order valence-electron chi connectivity index (χ3n) is 2.03. The first kappa shape index (κ1) is 12.4. The van der Waals surface area contributed by atoms with E-state index in [-0.39, 0.29) is 10.5 Å². The van der Waals surface area contributed by atoms with Gasteiger partial charge in [0.2, 0.25) is 0 Å². The number of aryl methyl sites for hydroxylation is 1. The Hall–Kier alpha value is -1.69. The monoisotopic (exact) mass is 242 g/mol. The second-order valence-electron chi connectivity index (χ2n) is 3.39. The van der Waals surface area contributed by atoms with Crippen molar-refractivity contribution in [3.05, 3.63) is 29.3 Å². The van der Waals surface area contributed by atoms with Crippen molar-refractivity contribution >= 4 is 21.6 Å². The molecule has 0 bridgehead atoms. The van der Waals surface area contributed by atoms with Gasteiger partial charge in [0.25, 0.3) is 5.78 Å². The molecule has 0 saturated carbocycles. The average molecular weight is 242 g/mol. The molecule has 0 radical (unpaired) electrons. The van der Waals surface area contributed by atoms with E-state index in [1.165, 1.54) is 25.1 Å². The maximum absolute atomic E-state index is 11.3. The predicted octanol–water partition coefficient (Wildman–Crippen LogP) is 0.666. The molecule has 0 heterocycles. The molecule has 0 aromatic heterocycles. The van der Waals surface area contributed by atoms with Crippen LogP contribution in [-0.4, -0.2) is 31.5 Å². The molecule has 86 valence electrons. The first-order valence-corrected chi connectivity index (χ1v) is 6.21. The Morgan fingerprint density at radius 2 is 1.81 bits per heavy atom. The Bertz CT molecular complexity index is 557. The van der Waals surface area contributed by atoms with Crippen LogP contribution in [-0.2, 0) is 14.6 Å². The molecule has 0 aliphatic rings. The van der Waals surface area contributed by atoms with E-state index in [4.69, 9.17) is 5.11 Å². The van der Waals surface area contributed by atoms with Gasteiger partial charge in [0.1, 0.15) is 0 Å². The summed E-state index contributed by atoms with van der Waals surface area (Å²) in [6.07, 6.45) is 1.05. The van der Waals surface area contributed by atoms with Gasteiger partial charge in [-0.1, -0.05) is 0 Å². The largest absolute Gasteiger partial charge is 0.475 e. The Morgan fingerprint density at radius 1 is 1.25 bits per heavy atom. The van der Waals surface area contributed by atoms with E-state index in [0.717, 1.165) is 6.26 Å². The van der Waals surface area contributed by atoms with Gasteiger partial charge in [0.05, 0.1) is 4.90 Å². The Labute approximate surface area is 92.6 Å². The van der Waals surface area contributed by atoms with Gasteiger partial charge >= 0.3 is 5.97 Å². The van der Waals surface area contributed by atoms with Crippen molar-refractivity contribution in [1.82, 2.24) is 0 Å². The zero-order valence-corrected chi connectivity index (χ0v) is 9.54. The number of ketones is 1. The topological polar surface area (TPSA) is 88.5 Å². The number of rotatable bonds is 3. The van der Waals surface area contributed by atoms with Crippen LogP contribution in [0.2, 0.25) is 0 Å². The molecule has 0 spiro atoms. The number of carbonyl (C=O) groups is 2. The van der Waals surface area contributed by atoms with Gasteiger partial charge in [0.15, 0.2) is 9.84 Å². The minimum Gasteiger partial charge on any atom is -0.475 e. The molecule has 0 fully saturated rings. The van der Waals surface area contributed by atoms with Crippen LogP contribution >= 0.6 is 0 Å². The first-order chi connectivity index (χ1) is 7.23. The summed E-state index contributed by atoms with van der Waals surface area (Å²) in [5.74, 6) is -2.62. The van der Waals surface area contributed by atoms with E-state index >= 15 is 0 Å². The lowest BCUT2D eigenvalue weighted by molar-refractivity contribution is -0.131. The number of sulfone groups is 1. The number of carboxylic acid groups (broad SMARTS) is 1. The van der Waals surface area contributed by atoms with Crippen molar-refractivity contribution in [1.29, 1.82) is 0 Å². The minimum absolute atomic E-state index is 0.0302. The molecule has 6 heteroatoms. The predicted molar refractivity (Wildman–Crippen MR) is 56.3 cm³/mol. The summed E-state index contributed by atoms with van der Waals surface area (Å²) in [7, 11) is -3.35. The van der Waals surface area contributed by atoms with Gasteiger partial charge in [-0.15, -0.1) is 0 Å². The maximum Gasteiger partial charge on any atom is 0.377 e. The molecule has 0 aliphatic heterocycles. The van der Waals surface area contributed by atoms with Crippen LogP contribution in [0.1, 0.15) is 15.9 Å². The van der Waals surface area contributed by atoms with Gasteiger partial charge in [-0.05, 0) is 30.7 Å². The Balaban J connectivity index is 3.30. The van der Waals surface area contributed by atoms with Crippen molar-refractivity contribution < 1.29 is 23.1 Å². The van der Waals surface area contributed by atoms with Gasteiger partial charge in [0, 0.05) is 11.8 Å². The zero-order chi connectivity index (χ0) is 12.5. The number of benzene rings is 1. The normalized spacial score (nSPS) is 11.1. The number of Topliss-reactive ketones (excluding diaryl/α,β-unsaturated/α-hetero) is 1. The molecule has 0 atom stereocenters. The van der Waals surface area contributed by atoms with Crippen molar-refractivity contribution in [2.24, 2.45) is 0 Å². The molecule has 1 aromatic rings. The smallest absolute Gasteiger partial charge is 0.377 e. The lowest BCUT2D eigenvalue weighted by Crippen LogP contribution is -2.13. The minimum atomic E-state index is -3.35. The van der Waals surface area contributed by atoms with Crippen LogP contribution in [0.4, 0.5) is 0 Å². The summed E-state index contributed by atoms with van der Waals surface area (Å²) < 4.78 is 22.5. The van der Waals surface area contributed by atoms with E-state index in [2.05, 4.69) is 0 Å². The number of hydrogen-bond acceptors (Lipinski definition) is 4. The summed E-state index contributed by atoms with van der Waals surface area (Å²) in [6.45, 7) is 1.51. The lowest BCUT2D eigenvalue weighted by atomic mass is 10.1. The highest BCUT2D eigenvalue weighted by Crippen LogP contribution is 2.16. The number of aliphatic carboxylic acids is 1. The van der Waals surface area contributed by atoms with Crippen LogP contribution in [0, 0.1) is 6.92 Å². The summed E-state index contributed by atoms with van der Waals surface area (Å²) in [6, 6.07) is 3.69. The average Bonchev–Trinajstić information content (AvgIpc) is 2.14. The van der Waals surface area contributed by atoms with Crippen LogP contribution in [0.25, 0.3) is 0 Å². The fourth-order valence-corrected chi connectivity index (χ4v) is 2.29. The SMILES string of the molecule is Cc1cc(C(=O)C(=O)O)ccc1S(C)(=O)=O. The summed E-state index contributed by atoms with van der Waals surface area (Å²) in [5, 5.41) is 8.49. The van der Waals surface area contributed by atoms with E-state index in [0.29, 0.717) is 5.56 Å². The van der Waals surface area contributed by atoms with Crippen LogP contribution in [0.5, 0.6) is 0 Å². The fourth-order valence-electron chi connectivity index (χ4n) is 1.33. The highest BCUT2D eigenvalue weighted by molar-refractivity contribution is 7.90. The molecular weight excluding hydrogens is 232 g/mol. The molecule has 0 unspecified atom stereocenters. The van der Waals surface area contributed by atoms with Gasteiger partial charge < -0.3 is 5.11 Å². The standard InChI is InChI=1S/C10H10O5S/c1-6-5-7(9(11)10(12)13)3-4-8(6)16(2,14)15/h3-5H,1-2H3,(H,12,13). The molecule has 0 amide bonds. The van der Waals surface area contributed by atoms with E-state index < -0.39 is 21.6 Å². The fraction of sp³-hybridized carbons (Fsp3) is 0.200. The molecule has 5 nitrogen and oxygen atoms in total. The van der Waals surface area contributed by atoms with Gasteiger partial charge in [-0.25, -0.2) is 13.2 Å². The van der Waals surface area contributed by atoms with Crippen LogP contribution < -0.4 is 0 Å². The van der Waals surface area contributed by atoms with Crippen molar-refractivity contribution in [2.45, 2.75) is 11.8 Å². The molecule has 1 rings (SSSR count). The van der Waals surface area contributed by atoms with E-state index in [1.54, 1.807) is 0 Å². The molecule has 16 heavy (non-hydrogen) atoms. The molecular formula is C10H10O5S. The van der Waals surface area contributed by atoms with Gasteiger partial charge in [-0.2, -0.15) is 0 Å². The maximum atomic E-state index is 11.3. The quantitative estimate of drug-likeness (QED) is 0.621. The van der Waals surface area contributed by atoms with E-state index in [9.17, 15) is 18.0 Å². The molecule has 0 saturated heterocycles. The van der Waals surface area contributed by atoms with Crippen LogP contribution in [0.3, 0.4) is 0 Å². The molecule has 1 N–H and O–H groups in total. The molecule has 1 aromatic carbocycles. The van der Waals surface area contributed by atoms with Gasteiger partial charge in [-0.3, -0.25) is 4.79 Å². The number of carboxylic acids is 1. The molecule has 0 aliphatic carbocycles. The van der Waals surface area contributed by atoms with E-state index in [1.807, 2.05) is 0 Å². The zero-order valence-electron chi connectivity index (χ0n) is 8.72. The van der Waals surface area contributed by atoms with Crippen molar-refractivity contribution in [3.63, 3.8) is 0 Å². The van der Waals surface area contributed by atoms with Crippen LogP contribution in [0.15, 0.2) is 23.1 Å². The van der Waals surface area contributed by atoms with Crippen molar-refractivity contribution in [3.8, 4) is 0 Å².